The standard InChI is InChI=1S/C13H17NO5S/c1-8-6-10(8)13(15)14-20(16,17)12-7-9(18-2)4-5-11(12)19-3/h4-5,7-8,10H,6H2,1-3H3,(H,14,15)/t8-,10-/m1/s1. The van der Waals surface area contributed by atoms with Crippen molar-refractivity contribution in [2.24, 2.45) is 11.8 Å². The summed E-state index contributed by atoms with van der Waals surface area (Å²) in [4.78, 5) is 11.7. The minimum atomic E-state index is -3.97. The third-order valence-electron chi connectivity index (χ3n) is 3.34. The summed E-state index contributed by atoms with van der Waals surface area (Å²) in [7, 11) is -1.17. The molecule has 20 heavy (non-hydrogen) atoms. The van der Waals surface area contributed by atoms with Crippen molar-refractivity contribution in [3.63, 3.8) is 0 Å². The smallest absolute Gasteiger partial charge is 0.267 e. The molecule has 2 atom stereocenters. The predicted octanol–water partition coefficient (Wildman–Crippen LogP) is 1.16. The lowest BCUT2D eigenvalue weighted by Crippen LogP contribution is -2.32. The highest BCUT2D eigenvalue weighted by molar-refractivity contribution is 7.90. The van der Waals surface area contributed by atoms with Gasteiger partial charge in [0.25, 0.3) is 10.0 Å². The maximum atomic E-state index is 12.3. The number of amides is 1. The van der Waals surface area contributed by atoms with E-state index >= 15 is 0 Å². The Morgan fingerprint density at radius 2 is 1.95 bits per heavy atom. The number of hydrogen-bond donors (Lipinski definition) is 1. The van der Waals surface area contributed by atoms with Crippen LogP contribution in [0.1, 0.15) is 13.3 Å². The van der Waals surface area contributed by atoms with Crippen LogP contribution in [0.2, 0.25) is 0 Å². The van der Waals surface area contributed by atoms with Gasteiger partial charge < -0.3 is 9.47 Å². The Morgan fingerprint density at radius 1 is 1.30 bits per heavy atom. The van der Waals surface area contributed by atoms with E-state index in [-0.39, 0.29) is 22.5 Å². The van der Waals surface area contributed by atoms with Gasteiger partial charge in [0, 0.05) is 12.0 Å². The molecular formula is C13H17NO5S. The fourth-order valence-corrected chi connectivity index (χ4v) is 3.16. The molecule has 7 heteroatoms. The molecule has 1 fully saturated rings. The van der Waals surface area contributed by atoms with Crippen LogP contribution in [-0.2, 0) is 14.8 Å². The molecule has 6 nitrogen and oxygen atoms in total. The number of carbonyl (C=O) groups excluding carboxylic acids is 1. The first kappa shape index (κ1) is 14.6. The third kappa shape index (κ3) is 2.87. The monoisotopic (exact) mass is 299 g/mol. The van der Waals surface area contributed by atoms with Crippen LogP contribution < -0.4 is 14.2 Å². The summed E-state index contributed by atoms with van der Waals surface area (Å²) in [5, 5.41) is 0. The SMILES string of the molecule is COc1ccc(OC)c(S(=O)(=O)NC(=O)[C@@H]2C[C@H]2C)c1. The highest BCUT2D eigenvalue weighted by Crippen LogP contribution is 2.38. The molecule has 1 amide bonds. The Hall–Kier alpha value is -1.76. The van der Waals surface area contributed by atoms with Gasteiger partial charge in [0.05, 0.1) is 14.2 Å². The van der Waals surface area contributed by atoms with E-state index < -0.39 is 15.9 Å². The van der Waals surface area contributed by atoms with Crippen LogP contribution >= 0.6 is 0 Å². The lowest BCUT2D eigenvalue weighted by molar-refractivity contribution is -0.120. The average Bonchev–Trinajstić information content (AvgIpc) is 3.14. The van der Waals surface area contributed by atoms with Gasteiger partial charge in [-0.1, -0.05) is 6.92 Å². The second-order valence-electron chi connectivity index (χ2n) is 4.81. The summed E-state index contributed by atoms with van der Waals surface area (Å²) in [6.45, 7) is 1.91. The van der Waals surface area contributed by atoms with Crippen LogP contribution in [0.5, 0.6) is 11.5 Å². The third-order valence-corrected chi connectivity index (χ3v) is 4.71. The van der Waals surface area contributed by atoms with E-state index in [4.69, 9.17) is 9.47 Å². The van der Waals surface area contributed by atoms with E-state index in [0.717, 1.165) is 6.42 Å². The number of methoxy groups -OCH3 is 2. The summed E-state index contributed by atoms with van der Waals surface area (Å²) in [6, 6.07) is 4.39. The highest BCUT2D eigenvalue weighted by Gasteiger charge is 2.41. The van der Waals surface area contributed by atoms with Crippen molar-refractivity contribution in [3.8, 4) is 11.5 Å². The summed E-state index contributed by atoms with van der Waals surface area (Å²) >= 11 is 0. The van der Waals surface area contributed by atoms with Crippen molar-refractivity contribution in [1.82, 2.24) is 4.72 Å². The molecule has 110 valence electrons. The van der Waals surface area contributed by atoms with Crippen LogP contribution in [0.15, 0.2) is 23.1 Å². The van der Waals surface area contributed by atoms with Gasteiger partial charge in [-0.3, -0.25) is 4.79 Å². The average molecular weight is 299 g/mol. The fraction of sp³-hybridized carbons (Fsp3) is 0.462. The molecule has 1 aliphatic rings. The van der Waals surface area contributed by atoms with Gasteiger partial charge in [0.2, 0.25) is 5.91 Å². The zero-order valence-electron chi connectivity index (χ0n) is 11.5. The first-order valence-corrected chi connectivity index (χ1v) is 7.66. The predicted molar refractivity (Wildman–Crippen MR) is 72.1 cm³/mol. The molecule has 1 N–H and O–H groups in total. The van der Waals surface area contributed by atoms with Crippen LogP contribution in [0.4, 0.5) is 0 Å². The molecule has 1 aromatic rings. The molecule has 1 aliphatic carbocycles. The van der Waals surface area contributed by atoms with E-state index in [1.807, 2.05) is 6.92 Å². The Morgan fingerprint density at radius 3 is 2.45 bits per heavy atom. The molecule has 0 radical (unpaired) electrons. The van der Waals surface area contributed by atoms with Crippen molar-refractivity contribution >= 4 is 15.9 Å². The second-order valence-corrected chi connectivity index (χ2v) is 6.46. The van der Waals surface area contributed by atoms with Crippen molar-refractivity contribution < 1.29 is 22.7 Å². The van der Waals surface area contributed by atoms with Gasteiger partial charge >= 0.3 is 0 Å². The summed E-state index contributed by atoms with van der Waals surface area (Å²) < 4.78 is 36.6. The minimum absolute atomic E-state index is 0.110. The van der Waals surface area contributed by atoms with Gasteiger partial charge in [0.15, 0.2) is 0 Å². The van der Waals surface area contributed by atoms with Crippen molar-refractivity contribution in [2.45, 2.75) is 18.2 Å². The highest BCUT2D eigenvalue weighted by atomic mass is 32.2. The Labute approximate surface area is 118 Å². The molecule has 0 heterocycles. The minimum Gasteiger partial charge on any atom is -0.497 e. The normalized spacial score (nSPS) is 21.1. The number of hydrogen-bond acceptors (Lipinski definition) is 5. The van der Waals surface area contributed by atoms with E-state index in [1.165, 1.54) is 26.4 Å². The molecule has 0 aliphatic heterocycles. The molecule has 0 saturated heterocycles. The molecule has 1 saturated carbocycles. The van der Waals surface area contributed by atoms with Crippen molar-refractivity contribution in [3.05, 3.63) is 18.2 Å². The van der Waals surface area contributed by atoms with Gasteiger partial charge in [-0.25, -0.2) is 13.1 Å². The number of ether oxygens (including phenoxy) is 2. The molecule has 0 spiro atoms. The molecular weight excluding hydrogens is 282 g/mol. The molecule has 2 rings (SSSR count). The maximum Gasteiger partial charge on any atom is 0.267 e. The van der Waals surface area contributed by atoms with E-state index in [9.17, 15) is 13.2 Å². The van der Waals surface area contributed by atoms with Crippen molar-refractivity contribution in [1.29, 1.82) is 0 Å². The number of nitrogens with one attached hydrogen (secondary N) is 1. The maximum absolute atomic E-state index is 12.3. The van der Waals surface area contributed by atoms with E-state index in [1.54, 1.807) is 6.07 Å². The lowest BCUT2D eigenvalue weighted by Gasteiger charge is -2.12. The Balaban J connectivity index is 2.30. The summed E-state index contributed by atoms with van der Waals surface area (Å²) in [5.74, 6) is 0.0783. The van der Waals surface area contributed by atoms with Gasteiger partial charge in [-0.05, 0) is 24.5 Å². The van der Waals surface area contributed by atoms with Crippen LogP contribution in [0.3, 0.4) is 0 Å². The molecule has 0 bridgehead atoms. The lowest BCUT2D eigenvalue weighted by atomic mass is 10.3. The summed E-state index contributed by atoms with van der Waals surface area (Å²) in [5.41, 5.74) is 0. The van der Waals surface area contributed by atoms with E-state index in [0.29, 0.717) is 5.75 Å². The number of rotatable bonds is 5. The zero-order chi connectivity index (χ0) is 14.9. The largest absolute Gasteiger partial charge is 0.497 e. The number of benzene rings is 1. The number of carbonyl (C=O) groups is 1. The molecule has 1 aromatic carbocycles. The zero-order valence-corrected chi connectivity index (χ0v) is 12.4. The Bertz CT molecular complexity index is 626. The van der Waals surface area contributed by atoms with E-state index in [2.05, 4.69) is 4.72 Å². The van der Waals surface area contributed by atoms with Crippen LogP contribution in [0.25, 0.3) is 0 Å². The van der Waals surface area contributed by atoms with Gasteiger partial charge in [-0.15, -0.1) is 0 Å². The second kappa shape index (κ2) is 5.32. The van der Waals surface area contributed by atoms with Crippen LogP contribution in [-0.4, -0.2) is 28.5 Å². The first-order valence-electron chi connectivity index (χ1n) is 6.17. The van der Waals surface area contributed by atoms with Gasteiger partial charge in [0.1, 0.15) is 16.4 Å². The molecule has 0 unspecified atom stereocenters. The van der Waals surface area contributed by atoms with Gasteiger partial charge in [-0.2, -0.15) is 0 Å². The number of sulfonamides is 1. The van der Waals surface area contributed by atoms with Crippen LogP contribution in [0, 0.1) is 11.8 Å². The fourth-order valence-electron chi connectivity index (χ4n) is 1.94. The molecule has 0 aromatic heterocycles. The summed E-state index contributed by atoms with van der Waals surface area (Å²) in [6.07, 6.45) is 0.719. The van der Waals surface area contributed by atoms with Crippen molar-refractivity contribution in [2.75, 3.05) is 14.2 Å². The first-order chi connectivity index (χ1) is 9.39. The Kier molecular flexibility index (Phi) is 3.89. The quantitative estimate of drug-likeness (QED) is 0.882. The topological polar surface area (TPSA) is 81.7 Å².